The average Bonchev–Trinajstić information content (AvgIpc) is 2.70. The zero-order chi connectivity index (χ0) is 20.1. The largest absolute Gasteiger partial charge is 0.359 e. The van der Waals surface area contributed by atoms with Crippen LogP contribution < -0.4 is 10.2 Å². The quantitative estimate of drug-likeness (QED) is 0.593. The summed E-state index contributed by atoms with van der Waals surface area (Å²) in [5, 5.41) is 3.99. The van der Waals surface area contributed by atoms with Gasteiger partial charge in [-0.2, -0.15) is 0 Å². The maximum Gasteiger partial charge on any atom is 0.169 e. The third-order valence-corrected chi connectivity index (χ3v) is 5.45. The lowest BCUT2D eigenvalue weighted by Crippen LogP contribution is -3.15. The van der Waals surface area contributed by atoms with Gasteiger partial charge in [-0.15, -0.1) is 0 Å². The molecule has 0 radical (unpaired) electrons. The molecule has 0 bridgehead atoms. The maximum atomic E-state index is 13.4. The van der Waals surface area contributed by atoms with Gasteiger partial charge in [0.15, 0.2) is 5.11 Å². The zero-order valence-electron chi connectivity index (χ0n) is 16.1. The lowest BCUT2D eigenvalue weighted by molar-refractivity contribution is -0.929. The molecule has 0 amide bonds. The van der Waals surface area contributed by atoms with Crippen LogP contribution in [-0.4, -0.2) is 42.7 Å². The first-order valence-electron chi connectivity index (χ1n) is 9.46. The van der Waals surface area contributed by atoms with Gasteiger partial charge in [-0.05, 0) is 67.7 Å². The first-order valence-corrected chi connectivity index (χ1v) is 9.87. The van der Waals surface area contributed by atoms with Gasteiger partial charge < -0.3 is 15.1 Å². The van der Waals surface area contributed by atoms with E-state index < -0.39 is 0 Å². The molecule has 0 unspecified atom stereocenters. The molecule has 3 rings (SSSR count). The van der Waals surface area contributed by atoms with Crippen molar-refractivity contribution in [1.82, 2.24) is 10.2 Å². The molecule has 2 aromatic carbocycles. The Hall–Kier alpha value is -2.31. The maximum absolute atomic E-state index is 13.4. The van der Waals surface area contributed by atoms with Crippen molar-refractivity contribution in [1.29, 1.82) is 0 Å². The van der Waals surface area contributed by atoms with Crippen LogP contribution >= 0.6 is 12.2 Å². The van der Waals surface area contributed by atoms with Gasteiger partial charge in [-0.1, -0.05) is 12.2 Å². The Morgan fingerprint density at radius 3 is 1.93 bits per heavy atom. The summed E-state index contributed by atoms with van der Waals surface area (Å²) in [6.45, 7) is 9.96. The molecular weight excluding hydrogens is 376 g/mol. The molecule has 0 saturated carbocycles. The summed E-state index contributed by atoms with van der Waals surface area (Å²) in [6, 6.07) is 13.3. The number of hydrogen-bond acceptors (Lipinski definition) is 1. The molecule has 0 aliphatic carbocycles. The third-order valence-electron chi connectivity index (χ3n) is 5.05. The molecule has 1 aliphatic rings. The molecule has 0 spiro atoms. The molecule has 0 aromatic heterocycles. The molecule has 0 atom stereocenters. The zero-order valence-corrected chi connectivity index (χ0v) is 16.9. The number of piperazine rings is 1. The van der Waals surface area contributed by atoms with E-state index in [4.69, 9.17) is 12.2 Å². The molecule has 6 heteroatoms. The number of quaternary nitrogens is 1. The van der Waals surface area contributed by atoms with E-state index in [2.05, 4.69) is 16.8 Å². The van der Waals surface area contributed by atoms with Crippen LogP contribution in [0.15, 0.2) is 60.7 Å². The van der Waals surface area contributed by atoms with E-state index >= 15 is 0 Å². The number of nitrogens with zero attached hydrogens (tertiary/aromatic N) is 1. The molecule has 28 heavy (non-hydrogen) atoms. The first kappa shape index (κ1) is 20.4. The topological polar surface area (TPSA) is 19.7 Å². The highest BCUT2D eigenvalue weighted by Crippen LogP contribution is 2.20. The Morgan fingerprint density at radius 2 is 1.50 bits per heavy atom. The second kappa shape index (κ2) is 9.26. The average molecular weight is 403 g/mol. The number of thiocarbonyl (C=S) groups is 1. The lowest BCUT2D eigenvalue weighted by Gasteiger charge is -2.38. The van der Waals surface area contributed by atoms with Crippen LogP contribution in [0.5, 0.6) is 0 Å². The molecule has 1 aliphatic heterocycles. The minimum absolute atomic E-state index is 0.0281. The second-order valence-corrected chi connectivity index (χ2v) is 7.68. The second-order valence-electron chi connectivity index (χ2n) is 7.30. The van der Waals surface area contributed by atoms with Crippen molar-refractivity contribution in [2.75, 3.05) is 32.7 Å². The summed E-state index contributed by atoms with van der Waals surface area (Å²) in [5.41, 5.74) is 3.10. The number of halogens is 2. The molecule has 148 valence electrons. The SMILES string of the molecule is C=C(C)CNC(=S)N1CC[NH+](C(c2ccc(F)cc2)c2ccc(F)cc2)CC1. The van der Waals surface area contributed by atoms with Gasteiger partial charge in [-0.25, -0.2) is 8.78 Å². The van der Waals surface area contributed by atoms with E-state index in [1.165, 1.54) is 29.2 Å². The predicted octanol–water partition coefficient (Wildman–Crippen LogP) is 2.71. The van der Waals surface area contributed by atoms with Crippen LogP contribution in [-0.2, 0) is 0 Å². The highest BCUT2D eigenvalue weighted by molar-refractivity contribution is 7.80. The van der Waals surface area contributed by atoms with E-state index in [1.54, 1.807) is 0 Å². The van der Waals surface area contributed by atoms with Crippen LogP contribution in [0.1, 0.15) is 24.1 Å². The molecular formula is C22H26F2N3S+. The summed E-state index contributed by atoms with van der Waals surface area (Å²) in [7, 11) is 0. The van der Waals surface area contributed by atoms with Crippen LogP contribution in [0.4, 0.5) is 8.78 Å². The minimum atomic E-state index is -0.254. The van der Waals surface area contributed by atoms with Gasteiger partial charge in [0.1, 0.15) is 17.7 Å². The van der Waals surface area contributed by atoms with Gasteiger partial charge >= 0.3 is 0 Å². The summed E-state index contributed by atoms with van der Waals surface area (Å²) >= 11 is 5.49. The van der Waals surface area contributed by atoms with Crippen molar-refractivity contribution in [2.24, 2.45) is 0 Å². The Bertz CT molecular complexity index is 767. The van der Waals surface area contributed by atoms with Gasteiger partial charge in [0.05, 0.1) is 26.2 Å². The van der Waals surface area contributed by atoms with Crippen molar-refractivity contribution < 1.29 is 13.7 Å². The summed E-state index contributed by atoms with van der Waals surface area (Å²) in [5.74, 6) is -0.509. The molecule has 1 fully saturated rings. The fourth-order valence-electron chi connectivity index (χ4n) is 3.60. The van der Waals surface area contributed by atoms with Crippen molar-refractivity contribution in [3.8, 4) is 0 Å². The van der Waals surface area contributed by atoms with Crippen LogP contribution in [0.25, 0.3) is 0 Å². The predicted molar refractivity (Wildman–Crippen MR) is 112 cm³/mol. The van der Waals surface area contributed by atoms with E-state index in [1.807, 2.05) is 31.2 Å². The van der Waals surface area contributed by atoms with Gasteiger partial charge in [0.2, 0.25) is 0 Å². The number of benzene rings is 2. The van der Waals surface area contributed by atoms with E-state index in [-0.39, 0.29) is 17.7 Å². The molecule has 1 heterocycles. The van der Waals surface area contributed by atoms with E-state index in [9.17, 15) is 8.78 Å². The number of rotatable bonds is 5. The van der Waals surface area contributed by atoms with Crippen molar-refractivity contribution in [2.45, 2.75) is 13.0 Å². The van der Waals surface area contributed by atoms with Gasteiger partial charge in [0, 0.05) is 17.7 Å². The Balaban J connectivity index is 1.75. The van der Waals surface area contributed by atoms with Crippen LogP contribution in [0, 0.1) is 11.6 Å². The fourth-order valence-corrected chi connectivity index (χ4v) is 3.85. The molecule has 1 saturated heterocycles. The summed E-state index contributed by atoms with van der Waals surface area (Å²) in [6.07, 6.45) is 0. The van der Waals surface area contributed by atoms with E-state index in [0.29, 0.717) is 6.54 Å². The highest BCUT2D eigenvalue weighted by Gasteiger charge is 2.30. The summed E-state index contributed by atoms with van der Waals surface area (Å²) < 4.78 is 26.9. The fraction of sp³-hybridized carbons (Fsp3) is 0.318. The number of nitrogens with one attached hydrogen (secondary N) is 2. The van der Waals surface area contributed by atoms with Crippen molar-refractivity contribution in [3.63, 3.8) is 0 Å². The Kier molecular flexibility index (Phi) is 6.75. The third kappa shape index (κ3) is 5.14. The lowest BCUT2D eigenvalue weighted by atomic mass is 9.96. The smallest absolute Gasteiger partial charge is 0.169 e. The van der Waals surface area contributed by atoms with Crippen molar-refractivity contribution >= 4 is 17.3 Å². The van der Waals surface area contributed by atoms with Gasteiger partial charge in [-0.3, -0.25) is 0 Å². The number of hydrogen-bond donors (Lipinski definition) is 2. The first-order chi connectivity index (χ1) is 13.4. The monoisotopic (exact) mass is 402 g/mol. The minimum Gasteiger partial charge on any atom is -0.359 e. The van der Waals surface area contributed by atoms with Gasteiger partial charge in [0.25, 0.3) is 0 Å². The summed E-state index contributed by atoms with van der Waals surface area (Å²) in [4.78, 5) is 3.53. The molecule has 3 nitrogen and oxygen atoms in total. The van der Waals surface area contributed by atoms with Crippen molar-refractivity contribution in [3.05, 3.63) is 83.4 Å². The Labute approximate surface area is 170 Å². The standard InChI is InChI=1S/C22H25F2N3S/c1-16(2)15-25-22(28)27-13-11-26(12-14-27)21(17-3-7-19(23)8-4-17)18-5-9-20(24)10-6-18/h3-10,21H,1,11-15H2,2H3,(H,25,28)/p+1. The highest BCUT2D eigenvalue weighted by atomic mass is 32.1. The molecule has 2 N–H and O–H groups in total. The normalized spacial score (nSPS) is 14.9. The van der Waals surface area contributed by atoms with E-state index in [0.717, 1.165) is 48.0 Å². The Morgan fingerprint density at radius 1 is 1.04 bits per heavy atom. The van der Waals surface area contributed by atoms with Crippen LogP contribution in [0.2, 0.25) is 0 Å². The van der Waals surface area contributed by atoms with Crippen LogP contribution in [0.3, 0.4) is 0 Å². The molecule has 2 aromatic rings.